The second kappa shape index (κ2) is 43.0. The van der Waals surface area contributed by atoms with E-state index in [2.05, 4.69) is 0 Å². The normalized spacial score (nSPS) is 13.3. The molecule has 0 saturated heterocycles. The van der Waals surface area contributed by atoms with Gasteiger partial charge in [0.05, 0.1) is 170 Å². The Bertz CT molecular complexity index is 3820. The molecule has 0 aliphatic carbocycles. The maximum atomic E-state index is 15.2. The Morgan fingerprint density at radius 2 is 0.451 bits per heavy atom. The minimum Gasteiger partial charge on any atom is -0.497 e. The third-order valence-electron chi connectivity index (χ3n) is 18.9. The highest BCUT2D eigenvalue weighted by atomic mass is 16.6. The van der Waals surface area contributed by atoms with Crippen molar-refractivity contribution in [1.82, 2.24) is 0 Å². The molecule has 33 heteroatoms. The maximum Gasteiger partial charge on any atom is 0.345 e. The molecule has 113 heavy (non-hydrogen) atoms. The van der Waals surface area contributed by atoms with E-state index in [1.165, 1.54) is 151 Å². The minimum absolute atomic E-state index is 0.00341. The minimum atomic E-state index is -2.05. The molecule has 6 rings (SSSR count). The molecule has 0 aliphatic rings. The molecule has 33 nitrogen and oxygen atoms in total. The van der Waals surface area contributed by atoms with Crippen LogP contribution >= 0.6 is 0 Å². The Morgan fingerprint density at radius 1 is 0.248 bits per heavy atom. The molecule has 0 fully saturated rings. The number of carbonyl (C=O) groups is 6. The van der Waals surface area contributed by atoms with E-state index < -0.39 is 157 Å². The molecule has 0 spiro atoms. The fraction of sp³-hybridized carbons (Fsp3) is 0.475. The summed E-state index contributed by atoms with van der Waals surface area (Å²) in [6.07, 6.45) is -0.839. The third kappa shape index (κ3) is 22.1. The van der Waals surface area contributed by atoms with Crippen LogP contribution in [0.3, 0.4) is 0 Å². The first kappa shape index (κ1) is 91.4. The fourth-order valence-electron chi connectivity index (χ4n) is 12.1. The molecule has 6 aromatic carbocycles. The van der Waals surface area contributed by atoms with Crippen LogP contribution < -0.4 is 52.1 Å². The SMILES string of the molecule is CCC(COCC(CC)(COCC(CC)(COC(=O)c1c(OC)cc(CO)cc1OC)OC(=O)c1c(CO)cc(OC)cc1OC)OC(=O)c1c(CO)cc(OC)cc1OC)(COCC(CC)(COC(=O)c1c(CO)cc(OC)cc1CO)OC(=O)c1c(CO)cc(OC)cc1OC)OC(=O)c1c(CO)cc(OC)cc1OC. The van der Waals surface area contributed by atoms with Gasteiger partial charge in [-0.15, -0.1) is 0 Å². The molecule has 0 heterocycles. The molecular weight excluding hydrogens is 1490 g/mol. The van der Waals surface area contributed by atoms with Gasteiger partial charge in [0.25, 0.3) is 0 Å². The van der Waals surface area contributed by atoms with E-state index in [4.69, 9.17) is 94.7 Å². The number of carbonyl (C=O) groups excluding carboxylic acids is 6. The second-order valence-corrected chi connectivity index (χ2v) is 25.6. The van der Waals surface area contributed by atoms with Crippen molar-refractivity contribution in [2.75, 3.05) is 131 Å². The van der Waals surface area contributed by atoms with Crippen molar-refractivity contribution in [3.05, 3.63) is 145 Å². The van der Waals surface area contributed by atoms with Gasteiger partial charge in [0.2, 0.25) is 0 Å². The smallest absolute Gasteiger partial charge is 0.345 e. The Morgan fingerprint density at radius 3 is 0.655 bits per heavy atom. The van der Waals surface area contributed by atoms with E-state index in [1.54, 1.807) is 27.7 Å². The molecule has 0 saturated carbocycles. The summed E-state index contributed by atoms with van der Waals surface area (Å²) in [5.41, 5.74) is -9.33. The Labute approximate surface area is 654 Å². The van der Waals surface area contributed by atoms with Gasteiger partial charge in [-0.25, -0.2) is 28.8 Å². The second-order valence-electron chi connectivity index (χ2n) is 25.6. The van der Waals surface area contributed by atoms with Crippen LogP contribution in [0, 0.1) is 0 Å². The van der Waals surface area contributed by atoms with Gasteiger partial charge >= 0.3 is 35.8 Å². The maximum absolute atomic E-state index is 15.2. The molecule has 4 atom stereocenters. The van der Waals surface area contributed by atoms with Crippen LogP contribution in [0.5, 0.6) is 63.2 Å². The highest BCUT2D eigenvalue weighted by Gasteiger charge is 2.45. The van der Waals surface area contributed by atoms with Crippen molar-refractivity contribution in [3.8, 4) is 63.2 Å². The first-order chi connectivity index (χ1) is 54.3. The standard InChI is InChI=1S/C80H102O33/c1-16-77(110-73(90)66-50(35-84)24-55(95-6)28-61(66)101-12,41-106-43-79(18-3,112-75(92)68-52(37-86)26-57(97-8)30-63(68)103-14)45-108-71(88)65-48(33-82)22-54(94-5)23-49(65)34-83)39-105-40-78(17-2,111-74(91)67-51(36-85)25-56(96-7)29-62(67)102-13)42-107-44-80(19-4,113-76(93)69-53(38-87)27-58(98-9)31-64(69)104-15)46-109-72(89)70-59(99-10)20-47(32-81)21-60(70)100-11/h20-31,81-87H,16-19,32-46H2,1-15H3. The summed E-state index contributed by atoms with van der Waals surface area (Å²) in [5, 5.41) is 73.9. The van der Waals surface area contributed by atoms with Crippen molar-refractivity contribution in [1.29, 1.82) is 0 Å². The van der Waals surface area contributed by atoms with Crippen molar-refractivity contribution in [3.63, 3.8) is 0 Å². The molecule has 0 bridgehead atoms. The lowest BCUT2D eigenvalue weighted by Crippen LogP contribution is -2.51. The van der Waals surface area contributed by atoms with E-state index in [0.717, 1.165) is 0 Å². The van der Waals surface area contributed by atoms with Gasteiger partial charge in [-0.2, -0.15) is 0 Å². The molecule has 6 aromatic rings. The van der Waals surface area contributed by atoms with Crippen molar-refractivity contribution in [2.45, 2.75) is 122 Å². The van der Waals surface area contributed by atoms with Gasteiger partial charge < -0.3 is 130 Å². The molecule has 0 aromatic heterocycles. The zero-order valence-electron chi connectivity index (χ0n) is 66.1. The van der Waals surface area contributed by atoms with E-state index >= 15 is 9.59 Å². The van der Waals surface area contributed by atoms with Gasteiger partial charge in [-0.05, 0) is 113 Å². The number of methoxy groups -OCH3 is 11. The summed E-state index contributed by atoms with van der Waals surface area (Å²) >= 11 is 0. The number of hydrogen-bond donors (Lipinski definition) is 7. The Hall–Kier alpha value is -10.5. The monoisotopic (exact) mass is 1590 g/mol. The van der Waals surface area contributed by atoms with Gasteiger partial charge in [0.15, 0.2) is 22.4 Å². The number of rotatable bonds is 48. The molecule has 620 valence electrons. The lowest BCUT2D eigenvalue weighted by Gasteiger charge is -2.38. The van der Waals surface area contributed by atoms with E-state index in [-0.39, 0.29) is 156 Å². The summed E-state index contributed by atoms with van der Waals surface area (Å²) in [4.78, 5) is 89.0. The van der Waals surface area contributed by atoms with E-state index in [9.17, 15) is 54.9 Å². The summed E-state index contributed by atoms with van der Waals surface area (Å²) in [6.45, 7) is -4.29. The highest BCUT2D eigenvalue weighted by Crippen LogP contribution is 2.40. The van der Waals surface area contributed by atoms with Gasteiger partial charge in [0, 0.05) is 24.3 Å². The predicted octanol–water partition coefficient (Wildman–Crippen LogP) is 7.31. The molecule has 4 unspecified atom stereocenters. The molecule has 7 N–H and O–H groups in total. The summed E-state index contributed by atoms with van der Waals surface area (Å²) < 4.78 is 118. The molecular formula is C80H102O33. The van der Waals surface area contributed by atoms with Gasteiger partial charge in [-0.3, -0.25) is 0 Å². The quantitative estimate of drug-likeness (QED) is 0.0145. The van der Waals surface area contributed by atoms with Crippen LogP contribution in [0.2, 0.25) is 0 Å². The summed E-state index contributed by atoms with van der Waals surface area (Å²) in [6, 6.07) is 16.5. The number of aliphatic hydroxyl groups is 7. The first-order valence-corrected chi connectivity index (χ1v) is 35.5. The summed E-state index contributed by atoms with van der Waals surface area (Å²) in [5.74, 6) is -6.10. The summed E-state index contributed by atoms with van der Waals surface area (Å²) in [7, 11) is 14.4. The zero-order valence-corrected chi connectivity index (χ0v) is 66.1. The molecule has 0 aliphatic heterocycles. The van der Waals surface area contributed by atoms with Crippen molar-refractivity contribution < 1.29 is 159 Å². The average Bonchev–Trinajstić information content (AvgIpc) is 0.818. The first-order valence-electron chi connectivity index (χ1n) is 35.5. The number of aliphatic hydroxyl groups excluding tert-OH is 7. The lowest BCUT2D eigenvalue weighted by atomic mass is 9.98. The zero-order chi connectivity index (χ0) is 83.4. The van der Waals surface area contributed by atoms with E-state index in [0.29, 0.717) is 5.56 Å². The average molecular weight is 1590 g/mol. The molecule has 0 radical (unpaired) electrons. The van der Waals surface area contributed by atoms with Crippen LogP contribution in [0.15, 0.2) is 72.8 Å². The highest BCUT2D eigenvalue weighted by molar-refractivity contribution is 5.98. The van der Waals surface area contributed by atoms with Crippen molar-refractivity contribution >= 4 is 35.8 Å². The van der Waals surface area contributed by atoms with Crippen LogP contribution in [-0.4, -0.2) is 225 Å². The fourth-order valence-corrected chi connectivity index (χ4v) is 12.1. The number of ether oxygens (including phenoxy) is 20. The molecule has 0 amide bonds. The van der Waals surface area contributed by atoms with Gasteiger partial charge in [0.1, 0.15) is 104 Å². The number of benzene rings is 6. The van der Waals surface area contributed by atoms with Crippen molar-refractivity contribution in [2.24, 2.45) is 0 Å². The topological polar surface area (TPSA) is 429 Å². The van der Waals surface area contributed by atoms with Crippen LogP contribution in [-0.2, 0) is 88.9 Å². The lowest BCUT2D eigenvalue weighted by molar-refractivity contribution is -0.164. The van der Waals surface area contributed by atoms with Crippen LogP contribution in [0.25, 0.3) is 0 Å². The Balaban J connectivity index is 1.52. The predicted molar refractivity (Wildman–Crippen MR) is 399 cm³/mol. The largest absolute Gasteiger partial charge is 0.497 e. The Kier molecular flexibility index (Phi) is 34.8. The van der Waals surface area contributed by atoms with Crippen LogP contribution in [0.1, 0.15) is 154 Å². The number of esters is 6. The third-order valence-corrected chi connectivity index (χ3v) is 18.9. The van der Waals surface area contributed by atoms with Crippen LogP contribution in [0.4, 0.5) is 0 Å². The van der Waals surface area contributed by atoms with Gasteiger partial charge in [-0.1, -0.05) is 27.7 Å². The van der Waals surface area contributed by atoms with E-state index in [1.807, 2.05) is 0 Å². The number of hydrogen-bond acceptors (Lipinski definition) is 33.